The number of fused-ring (bicyclic) bond motifs is 2. The summed E-state index contributed by atoms with van der Waals surface area (Å²) in [7, 11) is 0. The van der Waals surface area contributed by atoms with Crippen molar-refractivity contribution in [3.05, 3.63) is 83.0 Å². The molecule has 2 aromatic carbocycles. The molecule has 0 aliphatic carbocycles. The summed E-state index contributed by atoms with van der Waals surface area (Å²) >= 11 is 0. The molecule has 0 saturated carbocycles. The molecule has 0 aliphatic heterocycles. The quantitative estimate of drug-likeness (QED) is 0.159. The summed E-state index contributed by atoms with van der Waals surface area (Å²) in [5.41, 5.74) is 8.03. The minimum absolute atomic E-state index is 0.307. The van der Waals surface area contributed by atoms with Crippen LogP contribution in [0.1, 0.15) is 61.1 Å². The summed E-state index contributed by atoms with van der Waals surface area (Å²) < 4.78 is 3.51. The van der Waals surface area contributed by atoms with Crippen LogP contribution in [0.5, 0.6) is 11.5 Å². The molecule has 44 heavy (non-hydrogen) atoms. The number of hydrogen-bond donors (Lipinski definition) is 4. The molecule has 0 bridgehead atoms. The van der Waals surface area contributed by atoms with Crippen molar-refractivity contribution in [3.8, 4) is 11.5 Å². The molecule has 0 fully saturated rings. The summed E-state index contributed by atoms with van der Waals surface area (Å²) in [5, 5.41) is 28.4. The summed E-state index contributed by atoms with van der Waals surface area (Å²) in [6.07, 6.45) is 9.44. The SMILES string of the molecule is CCc1cc(CC)c(O)c(CNc2ncnc3c2ncn3-n2cnc3c(NCc4c(CC)ccc(CC)c4O)ncnc32)c1. The fourth-order valence-electron chi connectivity index (χ4n) is 5.55. The van der Waals surface area contributed by atoms with Gasteiger partial charge in [0.05, 0.1) is 0 Å². The largest absolute Gasteiger partial charge is 0.507 e. The highest BCUT2D eigenvalue weighted by molar-refractivity contribution is 5.85. The first-order chi connectivity index (χ1) is 21.5. The Morgan fingerprint density at radius 1 is 0.591 bits per heavy atom. The molecular weight excluding hydrogens is 556 g/mol. The van der Waals surface area contributed by atoms with Gasteiger partial charge in [0.15, 0.2) is 34.0 Å². The first kappa shape index (κ1) is 28.8. The molecule has 6 rings (SSSR count). The van der Waals surface area contributed by atoms with Gasteiger partial charge in [-0.3, -0.25) is 0 Å². The van der Waals surface area contributed by atoms with E-state index in [9.17, 15) is 10.2 Å². The molecule has 12 nitrogen and oxygen atoms in total. The molecule has 4 aromatic heterocycles. The Morgan fingerprint density at radius 2 is 1.14 bits per heavy atom. The van der Waals surface area contributed by atoms with E-state index in [1.807, 2.05) is 26.0 Å². The summed E-state index contributed by atoms with van der Waals surface area (Å²) in [6, 6.07) is 8.13. The summed E-state index contributed by atoms with van der Waals surface area (Å²) in [6.45, 7) is 9.03. The van der Waals surface area contributed by atoms with E-state index in [1.54, 1.807) is 22.0 Å². The molecule has 6 aromatic rings. The van der Waals surface area contributed by atoms with Crippen LogP contribution < -0.4 is 10.6 Å². The minimum Gasteiger partial charge on any atom is -0.507 e. The van der Waals surface area contributed by atoms with E-state index in [0.717, 1.165) is 53.5 Å². The standard InChI is InChI=1S/C32H36N10O2/c1-5-19-11-22(8-4)27(43)23(12-19)13-33-29-25-31(37-15-35-29)41(17-39-25)42-18-40-26-30(36-16-38-32(26)42)34-14-24-20(6-2)9-10-21(7-3)28(24)44/h9-12,15-18,43-44H,5-8,13-14H2,1-4H3,(H,33,35,37)(H,34,36,38). The van der Waals surface area contributed by atoms with E-state index in [1.165, 1.54) is 18.2 Å². The van der Waals surface area contributed by atoms with E-state index in [0.29, 0.717) is 58.6 Å². The van der Waals surface area contributed by atoms with Gasteiger partial charge in [0.1, 0.15) is 36.8 Å². The van der Waals surface area contributed by atoms with Crippen LogP contribution in [0.3, 0.4) is 0 Å². The highest BCUT2D eigenvalue weighted by Crippen LogP contribution is 2.30. The van der Waals surface area contributed by atoms with E-state index in [-0.39, 0.29) is 0 Å². The zero-order valence-corrected chi connectivity index (χ0v) is 25.3. The third-order valence-electron chi connectivity index (χ3n) is 8.09. The Bertz CT molecular complexity index is 1960. The maximum absolute atomic E-state index is 10.9. The second-order valence-electron chi connectivity index (χ2n) is 10.6. The lowest BCUT2D eigenvalue weighted by molar-refractivity contribution is 0.461. The van der Waals surface area contributed by atoms with Crippen molar-refractivity contribution in [1.82, 2.24) is 39.3 Å². The number of nitrogens with one attached hydrogen (secondary N) is 2. The van der Waals surface area contributed by atoms with E-state index >= 15 is 0 Å². The number of aromatic nitrogens is 8. The molecule has 226 valence electrons. The van der Waals surface area contributed by atoms with Crippen molar-refractivity contribution >= 4 is 34.0 Å². The number of aromatic hydroxyl groups is 2. The van der Waals surface area contributed by atoms with Crippen molar-refractivity contribution in [2.45, 2.75) is 66.5 Å². The van der Waals surface area contributed by atoms with Gasteiger partial charge in [-0.1, -0.05) is 52.0 Å². The first-order valence-electron chi connectivity index (χ1n) is 15.0. The van der Waals surface area contributed by atoms with Crippen molar-refractivity contribution in [2.24, 2.45) is 0 Å². The fraction of sp³-hybridized carbons (Fsp3) is 0.312. The predicted octanol–water partition coefficient (Wildman–Crippen LogP) is 5.16. The number of phenols is 2. The maximum Gasteiger partial charge on any atom is 0.185 e. The van der Waals surface area contributed by atoms with Crippen LogP contribution in [0.25, 0.3) is 22.3 Å². The Morgan fingerprint density at radius 3 is 1.70 bits per heavy atom. The van der Waals surface area contributed by atoms with Gasteiger partial charge in [-0.25, -0.2) is 39.3 Å². The lowest BCUT2D eigenvalue weighted by atomic mass is 9.99. The second-order valence-corrected chi connectivity index (χ2v) is 10.6. The van der Waals surface area contributed by atoms with Crippen LogP contribution in [-0.2, 0) is 38.8 Å². The van der Waals surface area contributed by atoms with Crippen molar-refractivity contribution in [2.75, 3.05) is 10.6 Å². The molecule has 4 N–H and O–H groups in total. The Balaban J connectivity index is 1.29. The Hall–Kier alpha value is -5.26. The van der Waals surface area contributed by atoms with Gasteiger partial charge in [-0.15, -0.1) is 0 Å². The minimum atomic E-state index is 0.307. The zero-order valence-electron chi connectivity index (χ0n) is 25.3. The normalized spacial score (nSPS) is 11.5. The topological polar surface area (TPSA) is 152 Å². The number of phenolic OH excluding ortho intramolecular Hbond substituents is 2. The molecule has 0 saturated heterocycles. The van der Waals surface area contributed by atoms with E-state index in [4.69, 9.17) is 0 Å². The molecule has 0 aliphatic rings. The van der Waals surface area contributed by atoms with Crippen molar-refractivity contribution in [1.29, 1.82) is 0 Å². The van der Waals surface area contributed by atoms with Gasteiger partial charge < -0.3 is 20.8 Å². The number of imidazole rings is 2. The number of rotatable bonds is 11. The van der Waals surface area contributed by atoms with Crippen LogP contribution >= 0.6 is 0 Å². The second kappa shape index (κ2) is 12.2. The lowest BCUT2D eigenvalue weighted by Crippen LogP contribution is -2.10. The molecule has 0 radical (unpaired) electrons. The van der Waals surface area contributed by atoms with Crippen molar-refractivity contribution in [3.63, 3.8) is 0 Å². The van der Waals surface area contributed by atoms with Gasteiger partial charge in [-0.05, 0) is 47.9 Å². The predicted molar refractivity (Wildman–Crippen MR) is 170 cm³/mol. The van der Waals surface area contributed by atoms with Gasteiger partial charge in [-0.2, -0.15) is 0 Å². The molecular formula is C32H36N10O2. The van der Waals surface area contributed by atoms with Crippen LogP contribution in [0.15, 0.2) is 49.6 Å². The highest BCUT2D eigenvalue weighted by Gasteiger charge is 2.18. The summed E-state index contributed by atoms with van der Waals surface area (Å²) in [4.78, 5) is 27.1. The van der Waals surface area contributed by atoms with Gasteiger partial charge >= 0.3 is 0 Å². The number of nitrogens with zero attached hydrogens (tertiary/aromatic N) is 8. The molecule has 12 heteroatoms. The molecule has 4 heterocycles. The smallest absolute Gasteiger partial charge is 0.185 e. The van der Waals surface area contributed by atoms with Gasteiger partial charge in [0.2, 0.25) is 0 Å². The molecule has 0 amide bonds. The van der Waals surface area contributed by atoms with E-state index < -0.39 is 0 Å². The third kappa shape index (κ3) is 5.12. The lowest BCUT2D eigenvalue weighted by Gasteiger charge is -2.15. The van der Waals surface area contributed by atoms with Crippen LogP contribution in [-0.4, -0.2) is 49.5 Å². The fourth-order valence-corrected chi connectivity index (χ4v) is 5.55. The van der Waals surface area contributed by atoms with Crippen LogP contribution in [0.2, 0.25) is 0 Å². The average Bonchev–Trinajstić information content (AvgIpc) is 3.68. The molecule has 0 atom stereocenters. The van der Waals surface area contributed by atoms with Crippen molar-refractivity contribution < 1.29 is 10.2 Å². The molecule has 0 unspecified atom stereocenters. The highest BCUT2D eigenvalue weighted by atomic mass is 16.3. The first-order valence-corrected chi connectivity index (χ1v) is 15.0. The Kier molecular flexibility index (Phi) is 7.97. The number of hydrogen-bond acceptors (Lipinski definition) is 10. The summed E-state index contributed by atoms with van der Waals surface area (Å²) in [5.74, 6) is 1.74. The number of aryl methyl sites for hydroxylation is 4. The Labute approximate surface area is 254 Å². The maximum atomic E-state index is 10.9. The van der Waals surface area contributed by atoms with Gasteiger partial charge in [0, 0.05) is 24.2 Å². The zero-order chi connectivity index (χ0) is 30.8. The van der Waals surface area contributed by atoms with Crippen LogP contribution in [0, 0.1) is 0 Å². The molecule has 0 spiro atoms. The van der Waals surface area contributed by atoms with Gasteiger partial charge in [0.25, 0.3) is 0 Å². The third-order valence-corrected chi connectivity index (χ3v) is 8.09. The van der Waals surface area contributed by atoms with E-state index in [2.05, 4.69) is 66.5 Å². The van der Waals surface area contributed by atoms with Crippen LogP contribution in [0.4, 0.5) is 11.6 Å². The number of benzene rings is 2. The monoisotopic (exact) mass is 592 g/mol. The average molecular weight is 593 g/mol. The number of anilines is 2.